The van der Waals surface area contributed by atoms with Crippen LogP contribution in [0.4, 0.5) is 0 Å². The number of rotatable bonds is 2. The minimum atomic E-state index is -0.543. The highest BCUT2D eigenvalue weighted by Gasteiger charge is 2.13. The van der Waals surface area contributed by atoms with Crippen LogP contribution < -0.4 is 0 Å². The van der Waals surface area contributed by atoms with E-state index >= 15 is 0 Å². The molecule has 0 aliphatic carbocycles. The highest BCUT2D eigenvalue weighted by Crippen LogP contribution is 2.23. The van der Waals surface area contributed by atoms with Gasteiger partial charge in [0, 0.05) is 13.2 Å². The molecule has 1 aromatic heterocycles. The lowest BCUT2D eigenvalue weighted by Crippen LogP contribution is -2.05. The standard InChI is InChI=1S/C14H17NO/c1-10-7-11(2)9-12(8-10)14(16)13-5-4-6-15(13)3/h4-9,14,16H,1-3H3. The Balaban J connectivity index is 2.41. The quantitative estimate of drug-likeness (QED) is 0.818. The van der Waals surface area contributed by atoms with E-state index in [1.807, 2.05) is 55.9 Å². The lowest BCUT2D eigenvalue weighted by atomic mass is 10.0. The zero-order valence-electron chi connectivity index (χ0n) is 9.94. The van der Waals surface area contributed by atoms with E-state index in [0.29, 0.717) is 0 Å². The van der Waals surface area contributed by atoms with Crippen molar-refractivity contribution in [3.63, 3.8) is 0 Å². The van der Waals surface area contributed by atoms with Crippen LogP contribution in [0, 0.1) is 13.8 Å². The Morgan fingerprint density at radius 1 is 1.12 bits per heavy atom. The third-order valence-electron chi connectivity index (χ3n) is 2.82. The van der Waals surface area contributed by atoms with Gasteiger partial charge < -0.3 is 9.67 Å². The Kier molecular flexibility index (Phi) is 2.84. The minimum absolute atomic E-state index is 0.543. The van der Waals surface area contributed by atoms with E-state index in [4.69, 9.17) is 0 Å². The summed E-state index contributed by atoms with van der Waals surface area (Å²) in [4.78, 5) is 0. The van der Waals surface area contributed by atoms with Gasteiger partial charge in [-0.3, -0.25) is 0 Å². The number of hydrogen-bond acceptors (Lipinski definition) is 1. The summed E-state index contributed by atoms with van der Waals surface area (Å²) in [5.74, 6) is 0. The molecule has 2 heteroatoms. The number of benzene rings is 1. The largest absolute Gasteiger partial charge is 0.382 e. The van der Waals surface area contributed by atoms with Gasteiger partial charge in [0.1, 0.15) is 6.10 Å². The van der Waals surface area contributed by atoms with Crippen LogP contribution in [0.15, 0.2) is 36.5 Å². The van der Waals surface area contributed by atoms with Crippen molar-refractivity contribution >= 4 is 0 Å². The summed E-state index contributed by atoms with van der Waals surface area (Å²) < 4.78 is 1.95. The average molecular weight is 215 g/mol. The van der Waals surface area contributed by atoms with Gasteiger partial charge in [-0.1, -0.05) is 29.3 Å². The van der Waals surface area contributed by atoms with E-state index in [1.165, 1.54) is 11.1 Å². The van der Waals surface area contributed by atoms with Crippen molar-refractivity contribution in [2.45, 2.75) is 20.0 Å². The predicted molar refractivity (Wildman–Crippen MR) is 65.4 cm³/mol. The molecule has 0 amide bonds. The molecule has 0 radical (unpaired) electrons. The summed E-state index contributed by atoms with van der Waals surface area (Å²) in [6.07, 6.45) is 1.40. The Labute approximate surface area is 96.2 Å². The molecule has 2 nitrogen and oxygen atoms in total. The molecule has 0 spiro atoms. The molecular weight excluding hydrogens is 198 g/mol. The number of aliphatic hydroxyl groups is 1. The zero-order chi connectivity index (χ0) is 11.7. The van der Waals surface area contributed by atoms with Crippen molar-refractivity contribution in [3.8, 4) is 0 Å². The summed E-state index contributed by atoms with van der Waals surface area (Å²) in [5.41, 5.74) is 4.25. The molecule has 1 atom stereocenters. The smallest absolute Gasteiger partial charge is 0.119 e. The first-order valence-corrected chi connectivity index (χ1v) is 5.45. The van der Waals surface area contributed by atoms with Gasteiger partial charge >= 0.3 is 0 Å². The molecule has 1 N–H and O–H groups in total. The van der Waals surface area contributed by atoms with Crippen LogP contribution in [0.3, 0.4) is 0 Å². The van der Waals surface area contributed by atoms with E-state index < -0.39 is 6.10 Å². The fourth-order valence-corrected chi connectivity index (χ4v) is 2.10. The van der Waals surface area contributed by atoms with Gasteiger partial charge in [0.05, 0.1) is 5.69 Å². The zero-order valence-corrected chi connectivity index (χ0v) is 9.94. The Hall–Kier alpha value is -1.54. The molecule has 0 fully saturated rings. The van der Waals surface area contributed by atoms with Crippen molar-refractivity contribution in [2.75, 3.05) is 0 Å². The first kappa shape index (κ1) is 11.0. The van der Waals surface area contributed by atoms with Crippen molar-refractivity contribution < 1.29 is 5.11 Å². The molecule has 1 aromatic carbocycles. The Morgan fingerprint density at radius 2 is 1.75 bits per heavy atom. The first-order valence-electron chi connectivity index (χ1n) is 5.45. The third-order valence-corrected chi connectivity index (χ3v) is 2.82. The molecule has 0 aliphatic heterocycles. The molecule has 1 unspecified atom stereocenters. The number of hydrogen-bond donors (Lipinski definition) is 1. The highest BCUT2D eigenvalue weighted by atomic mass is 16.3. The predicted octanol–water partition coefficient (Wildman–Crippen LogP) is 2.72. The maximum absolute atomic E-state index is 10.3. The number of aromatic nitrogens is 1. The van der Waals surface area contributed by atoms with Gasteiger partial charge in [-0.25, -0.2) is 0 Å². The summed E-state index contributed by atoms with van der Waals surface area (Å²) in [6, 6.07) is 10.1. The van der Waals surface area contributed by atoms with E-state index in [1.54, 1.807) is 0 Å². The van der Waals surface area contributed by atoms with E-state index in [0.717, 1.165) is 11.3 Å². The van der Waals surface area contributed by atoms with Gasteiger partial charge in [0.25, 0.3) is 0 Å². The first-order chi connectivity index (χ1) is 7.58. The van der Waals surface area contributed by atoms with Crippen LogP contribution in [-0.4, -0.2) is 9.67 Å². The second-order valence-electron chi connectivity index (χ2n) is 4.37. The molecule has 16 heavy (non-hydrogen) atoms. The summed E-state index contributed by atoms with van der Waals surface area (Å²) in [7, 11) is 1.95. The summed E-state index contributed by atoms with van der Waals surface area (Å²) >= 11 is 0. The summed E-state index contributed by atoms with van der Waals surface area (Å²) in [5, 5.41) is 10.3. The van der Waals surface area contributed by atoms with Gasteiger partial charge in [-0.15, -0.1) is 0 Å². The van der Waals surface area contributed by atoms with Crippen molar-refractivity contribution in [1.82, 2.24) is 4.57 Å². The molecule has 0 saturated heterocycles. The number of nitrogens with zero attached hydrogens (tertiary/aromatic N) is 1. The SMILES string of the molecule is Cc1cc(C)cc(C(O)c2cccn2C)c1. The van der Waals surface area contributed by atoms with Crippen molar-refractivity contribution in [2.24, 2.45) is 7.05 Å². The van der Waals surface area contributed by atoms with Crippen LogP contribution in [0.2, 0.25) is 0 Å². The highest BCUT2D eigenvalue weighted by molar-refractivity contribution is 5.33. The van der Waals surface area contributed by atoms with Gasteiger partial charge in [0.2, 0.25) is 0 Å². The molecule has 2 rings (SSSR count). The molecule has 0 aliphatic rings. The number of aryl methyl sites for hydroxylation is 3. The number of aliphatic hydroxyl groups excluding tert-OH is 1. The van der Waals surface area contributed by atoms with E-state index in [9.17, 15) is 5.11 Å². The maximum Gasteiger partial charge on any atom is 0.119 e. The summed E-state index contributed by atoms with van der Waals surface area (Å²) in [6.45, 7) is 4.10. The Bertz CT molecular complexity index is 479. The molecule has 0 bridgehead atoms. The molecule has 84 valence electrons. The fraction of sp³-hybridized carbons (Fsp3) is 0.286. The Morgan fingerprint density at radius 3 is 2.25 bits per heavy atom. The molecule has 2 aromatic rings. The molecular formula is C14H17NO. The molecule has 0 saturated carbocycles. The lowest BCUT2D eigenvalue weighted by molar-refractivity contribution is 0.211. The van der Waals surface area contributed by atoms with E-state index in [-0.39, 0.29) is 0 Å². The second kappa shape index (κ2) is 4.14. The molecule has 1 heterocycles. The third kappa shape index (κ3) is 2.02. The maximum atomic E-state index is 10.3. The van der Waals surface area contributed by atoms with Crippen LogP contribution in [0.25, 0.3) is 0 Å². The average Bonchev–Trinajstić information content (AvgIpc) is 2.62. The van der Waals surface area contributed by atoms with Crippen LogP contribution in [-0.2, 0) is 7.05 Å². The van der Waals surface area contributed by atoms with Gasteiger partial charge in [-0.2, -0.15) is 0 Å². The van der Waals surface area contributed by atoms with Crippen LogP contribution >= 0.6 is 0 Å². The minimum Gasteiger partial charge on any atom is -0.382 e. The van der Waals surface area contributed by atoms with Gasteiger partial charge in [-0.05, 0) is 31.5 Å². The van der Waals surface area contributed by atoms with Gasteiger partial charge in [0.15, 0.2) is 0 Å². The fourth-order valence-electron chi connectivity index (χ4n) is 2.10. The van der Waals surface area contributed by atoms with Crippen LogP contribution in [0.1, 0.15) is 28.5 Å². The lowest BCUT2D eigenvalue weighted by Gasteiger charge is -2.14. The van der Waals surface area contributed by atoms with Crippen molar-refractivity contribution in [1.29, 1.82) is 0 Å². The van der Waals surface area contributed by atoms with Crippen LogP contribution in [0.5, 0.6) is 0 Å². The second-order valence-corrected chi connectivity index (χ2v) is 4.37. The van der Waals surface area contributed by atoms with E-state index in [2.05, 4.69) is 6.07 Å². The van der Waals surface area contributed by atoms with Crippen molar-refractivity contribution in [3.05, 3.63) is 58.9 Å². The topological polar surface area (TPSA) is 25.2 Å². The normalized spacial score (nSPS) is 12.8. The monoisotopic (exact) mass is 215 g/mol.